The predicted octanol–water partition coefficient (Wildman–Crippen LogP) is 10.1. The zero-order valence-electron chi connectivity index (χ0n) is 24.0. The lowest BCUT2D eigenvalue weighted by Crippen LogP contribution is -2.53. The number of halogens is 12. The van der Waals surface area contributed by atoms with Gasteiger partial charge in [-0.25, -0.2) is 4.58 Å². The summed E-state index contributed by atoms with van der Waals surface area (Å²) in [4.78, 5) is 0. The Morgan fingerprint density at radius 3 is 1.70 bits per heavy atom. The van der Waals surface area contributed by atoms with Gasteiger partial charge >= 0.3 is 24.7 Å². The van der Waals surface area contributed by atoms with E-state index in [4.69, 9.17) is 4.43 Å². The Hall–Kier alpha value is -2.81. The fraction of sp³-hybridized carbons (Fsp3) is 0.483. The van der Waals surface area contributed by atoms with Crippen LogP contribution in [0.2, 0.25) is 19.6 Å². The SMILES string of the molecule is CC/C=C/C=[N+]1CCC[C@H]1[C@](O[Si](C)(C)C)(c1cc(C(F)(F)F)cc(C(F)(F)F)c1)c1ccc(C(F)(F)F)cc1C(F)(F)F. The fourth-order valence-corrected chi connectivity index (χ4v) is 6.68. The van der Waals surface area contributed by atoms with Crippen molar-refractivity contribution in [1.29, 1.82) is 0 Å². The van der Waals surface area contributed by atoms with E-state index in [-0.39, 0.29) is 31.5 Å². The van der Waals surface area contributed by atoms with E-state index >= 15 is 0 Å². The van der Waals surface area contributed by atoms with Crippen LogP contribution in [-0.2, 0) is 34.7 Å². The number of alkyl halides is 12. The highest BCUT2D eigenvalue weighted by atomic mass is 28.4. The van der Waals surface area contributed by atoms with E-state index in [9.17, 15) is 52.7 Å². The van der Waals surface area contributed by atoms with Gasteiger partial charge in [-0.15, -0.1) is 0 Å². The van der Waals surface area contributed by atoms with E-state index < -0.39 is 78.0 Å². The lowest BCUT2D eigenvalue weighted by Gasteiger charge is -2.43. The first-order valence-corrected chi connectivity index (χ1v) is 16.9. The zero-order chi connectivity index (χ0) is 33.5. The Bertz CT molecular complexity index is 1370. The van der Waals surface area contributed by atoms with Crippen molar-refractivity contribution in [3.8, 4) is 0 Å². The smallest absolute Gasteiger partial charge is 0.399 e. The molecule has 0 unspecified atom stereocenters. The molecule has 15 heteroatoms. The molecule has 0 radical (unpaired) electrons. The standard InChI is InChI=1S/C29H30F12NOSi/c1-5-6-7-12-42-13-8-9-24(42)25(43-44(2,3)4,19-14-20(27(33,34)35)16-21(15-19)28(36,37)38)22-11-10-18(26(30,31)32)17-23(22)29(39,40)41/h6-7,10-12,14-17,24H,5,8-9,13H2,1-4H3/q+1/b7-6+,42-12?/t24-,25-/m0/s1. The van der Waals surface area contributed by atoms with Crippen molar-refractivity contribution < 1.29 is 61.7 Å². The maximum atomic E-state index is 14.7. The summed E-state index contributed by atoms with van der Waals surface area (Å²) in [5.74, 6) is 0. The van der Waals surface area contributed by atoms with Gasteiger partial charge in [-0.3, -0.25) is 0 Å². The molecular formula is C29H30F12NOSi+. The van der Waals surface area contributed by atoms with Gasteiger partial charge in [0.2, 0.25) is 0 Å². The summed E-state index contributed by atoms with van der Waals surface area (Å²) in [6, 6.07) is -0.309. The first-order valence-electron chi connectivity index (χ1n) is 13.5. The molecule has 1 heterocycles. The molecule has 0 N–H and O–H groups in total. The van der Waals surface area contributed by atoms with Crippen molar-refractivity contribution >= 4 is 14.5 Å². The van der Waals surface area contributed by atoms with Crippen LogP contribution in [0, 0.1) is 0 Å². The van der Waals surface area contributed by atoms with Crippen LogP contribution in [0.1, 0.15) is 59.6 Å². The van der Waals surface area contributed by atoms with Gasteiger partial charge in [0.05, 0.1) is 22.3 Å². The van der Waals surface area contributed by atoms with Gasteiger partial charge in [-0.1, -0.05) is 19.1 Å². The second-order valence-electron chi connectivity index (χ2n) is 11.4. The third-order valence-corrected chi connectivity index (χ3v) is 7.88. The lowest BCUT2D eigenvalue weighted by atomic mass is 9.75. The largest absolute Gasteiger partial charge is 0.416 e. The number of benzene rings is 2. The fourth-order valence-electron chi connectivity index (χ4n) is 5.35. The summed E-state index contributed by atoms with van der Waals surface area (Å²) in [5.41, 5.74) is -11.8. The molecule has 1 aliphatic heterocycles. The molecule has 0 amide bonds. The molecule has 44 heavy (non-hydrogen) atoms. The number of rotatable bonds is 7. The van der Waals surface area contributed by atoms with E-state index in [2.05, 4.69) is 0 Å². The number of nitrogens with zero attached hydrogens (tertiary/aromatic N) is 1. The molecule has 1 fully saturated rings. The van der Waals surface area contributed by atoms with Gasteiger partial charge in [0, 0.05) is 18.4 Å². The van der Waals surface area contributed by atoms with Crippen LogP contribution in [0.3, 0.4) is 0 Å². The number of hydrogen-bond donors (Lipinski definition) is 0. The van der Waals surface area contributed by atoms with Crippen molar-refractivity contribution in [3.05, 3.63) is 81.9 Å². The molecule has 2 atom stereocenters. The van der Waals surface area contributed by atoms with Gasteiger partial charge < -0.3 is 4.43 Å². The minimum Gasteiger partial charge on any atom is -0.399 e. The molecule has 2 aromatic rings. The summed E-state index contributed by atoms with van der Waals surface area (Å²) in [6.45, 7) is 6.33. The molecule has 2 nitrogen and oxygen atoms in total. The predicted molar refractivity (Wildman–Crippen MR) is 142 cm³/mol. The molecule has 3 rings (SSSR count). The second-order valence-corrected chi connectivity index (χ2v) is 15.8. The van der Waals surface area contributed by atoms with Gasteiger partial charge in [0.1, 0.15) is 6.54 Å². The van der Waals surface area contributed by atoms with Crippen LogP contribution in [0.4, 0.5) is 52.7 Å². The quantitative estimate of drug-likeness (QED) is 0.163. The molecule has 0 saturated carbocycles. The Kier molecular flexibility index (Phi) is 9.87. The van der Waals surface area contributed by atoms with Crippen molar-refractivity contribution in [2.75, 3.05) is 6.54 Å². The number of allylic oxidation sites excluding steroid dienone is 2. The molecule has 0 bridgehead atoms. The van der Waals surface area contributed by atoms with E-state index in [0.717, 1.165) is 0 Å². The summed E-state index contributed by atoms with van der Waals surface area (Å²) in [7, 11) is -3.26. The van der Waals surface area contributed by atoms with Gasteiger partial charge in [0.15, 0.2) is 26.2 Å². The van der Waals surface area contributed by atoms with Crippen LogP contribution < -0.4 is 0 Å². The highest BCUT2D eigenvalue weighted by Crippen LogP contribution is 2.51. The summed E-state index contributed by atoms with van der Waals surface area (Å²) in [5, 5.41) is 0. The lowest BCUT2D eigenvalue weighted by molar-refractivity contribution is -0.557. The molecule has 1 aliphatic rings. The average Bonchev–Trinajstić information content (AvgIpc) is 3.33. The minimum atomic E-state index is -5.51. The van der Waals surface area contributed by atoms with Crippen LogP contribution in [0.25, 0.3) is 0 Å². The van der Waals surface area contributed by atoms with E-state index in [1.165, 1.54) is 36.5 Å². The Morgan fingerprint density at radius 2 is 1.25 bits per heavy atom. The first kappa shape index (κ1) is 35.7. The third-order valence-electron chi connectivity index (χ3n) is 6.95. The summed E-state index contributed by atoms with van der Waals surface area (Å²) in [6.07, 6.45) is -16.1. The molecule has 0 aliphatic carbocycles. The number of hydrogen-bond acceptors (Lipinski definition) is 1. The zero-order valence-corrected chi connectivity index (χ0v) is 25.0. The normalized spacial score (nSPS) is 19.6. The molecule has 2 aromatic carbocycles. The highest BCUT2D eigenvalue weighted by Gasteiger charge is 2.57. The van der Waals surface area contributed by atoms with E-state index in [1.54, 1.807) is 13.0 Å². The van der Waals surface area contributed by atoms with E-state index in [0.29, 0.717) is 30.7 Å². The van der Waals surface area contributed by atoms with Crippen molar-refractivity contribution in [3.63, 3.8) is 0 Å². The molecular weight excluding hydrogens is 634 g/mol. The average molecular weight is 665 g/mol. The second kappa shape index (κ2) is 12.2. The Morgan fingerprint density at radius 1 is 0.727 bits per heavy atom. The molecule has 1 saturated heterocycles. The van der Waals surface area contributed by atoms with Crippen molar-refractivity contribution in [1.82, 2.24) is 0 Å². The van der Waals surface area contributed by atoms with Gasteiger partial charge in [0.25, 0.3) is 0 Å². The van der Waals surface area contributed by atoms with Gasteiger partial charge in [-0.2, -0.15) is 52.7 Å². The van der Waals surface area contributed by atoms with Gasteiger partial charge in [-0.05, 0) is 68.0 Å². The minimum absolute atomic E-state index is 0.0587. The molecule has 0 aromatic heterocycles. The molecule has 0 spiro atoms. The Labute approximate surface area is 247 Å². The highest BCUT2D eigenvalue weighted by molar-refractivity contribution is 6.69. The van der Waals surface area contributed by atoms with Crippen LogP contribution in [0.5, 0.6) is 0 Å². The molecule has 244 valence electrons. The Balaban J connectivity index is 2.66. The maximum absolute atomic E-state index is 14.7. The summed E-state index contributed by atoms with van der Waals surface area (Å²) >= 11 is 0. The summed E-state index contributed by atoms with van der Waals surface area (Å²) < 4.78 is 177. The topological polar surface area (TPSA) is 12.2 Å². The van der Waals surface area contributed by atoms with Crippen molar-refractivity contribution in [2.45, 2.75) is 82.2 Å². The van der Waals surface area contributed by atoms with Crippen LogP contribution >= 0.6 is 0 Å². The monoisotopic (exact) mass is 664 g/mol. The maximum Gasteiger partial charge on any atom is 0.416 e. The van der Waals surface area contributed by atoms with E-state index in [1.807, 2.05) is 0 Å². The van der Waals surface area contributed by atoms with Crippen LogP contribution in [0.15, 0.2) is 48.6 Å². The van der Waals surface area contributed by atoms with Crippen LogP contribution in [-0.4, -0.2) is 31.7 Å². The first-order chi connectivity index (χ1) is 19.9. The third kappa shape index (κ3) is 7.87. The van der Waals surface area contributed by atoms with Crippen molar-refractivity contribution in [2.24, 2.45) is 0 Å².